The van der Waals surface area contributed by atoms with Crippen molar-refractivity contribution in [2.24, 2.45) is 7.05 Å². The molecule has 0 saturated carbocycles. The lowest BCUT2D eigenvalue weighted by molar-refractivity contribution is 0.107. The first kappa shape index (κ1) is 8.29. The fourth-order valence-corrected chi connectivity index (χ4v) is 2.41. The van der Waals surface area contributed by atoms with Crippen LogP contribution in [0.25, 0.3) is 0 Å². The number of hydrogen-bond donors (Lipinski definition) is 1. The Labute approximate surface area is 83.2 Å². The summed E-state index contributed by atoms with van der Waals surface area (Å²) in [5, 5.41) is 7.90. The first-order chi connectivity index (χ1) is 6.86. The van der Waals surface area contributed by atoms with E-state index >= 15 is 0 Å². The Morgan fingerprint density at radius 3 is 3.29 bits per heavy atom. The Kier molecular flexibility index (Phi) is 1.77. The lowest BCUT2D eigenvalue weighted by atomic mass is 10.1. The Morgan fingerprint density at radius 1 is 1.57 bits per heavy atom. The van der Waals surface area contributed by atoms with Gasteiger partial charge in [0.2, 0.25) is 0 Å². The SMILES string of the molecule is Cn1nc(C2CCCO2)c2c1NCC2. The Bertz CT molecular complexity index is 352. The summed E-state index contributed by atoms with van der Waals surface area (Å²) in [6, 6.07) is 0. The zero-order valence-corrected chi connectivity index (χ0v) is 8.42. The maximum atomic E-state index is 5.67. The molecule has 0 spiro atoms. The number of fused-ring (bicyclic) bond motifs is 1. The molecule has 4 heteroatoms. The van der Waals surface area contributed by atoms with Crippen molar-refractivity contribution in [2.45, 2.75) is 25.4 Å². The Morgan fingerprint density at radius 2 is 2.50 bits per heavy atom. The van der Waals surface area contributed by atoms with Gasteiger partial charge in [0.15, 0.2) is 0 Å². The molecule has 4 nitrogen and oxygen atoms in total. The number of nitrogens with one attached hydrogen (secondary N) is 1. The molecule has 0 amide bonds. The monoisotopic (exact) mass is 193 g/mol. The largest absolute Gasteiger partial charge is 0.372 e. The first-order valence-corrected chi connectivity index (χ1v) is 5.27. The highest BCUT2D eigenvalue weighted by molar-refractivity contribution is 5.52. The van der Waals surface area contributed by atoms with Gasteiger partial charge >= 0.3 is 0 Å². The molecule has 0 aromatic carbocycles. The van der Waals surface area contributed by atoms with E-state index in [0.29, 0.717) is 0 Å². The predicted octanol–water partition coefficient (Wildman–Crippen LogP) is 1.24. The van der Waals surface area contributed by atoms with Crippen LogP contribution in [0.4, 0.5) is 5.82 Å². The predicted molar refractivity (Wildman–Crippen MR) is 53.3 cm³/mol. The molecular weight excluding hydrogens is 178 g/mol. The van der Waals surface area contributed by atoms with E-state index in [1.54, 1.807) is 0 Å². The van der Waals surface area contributed by atoms with Crippen molar-refractivity contribution in [3.05, 3.63) is 11.3 Å². The quantitative estimate of drug-likeness (QED) is 0.729. The van der Waals surface area contributed by atoms with Crippen LogP contribution >= 0.6 is 0 Å². The van der Waals surface area contributed by atoms with Crippen molar-refractivity contribution < 1.29 is 4.74 Å². The molecule has 1 fully saturated rings. The Balaban J connectivity index is 2.01. The molecule has 1 unspecified atom stereocenters. The normalized spacial score (nSPS) is 25.1. The molecule has 3 heterocycles. The number of hydrogen-bond acceptors (Lipinski definition) is 3. The molecule has 3 rings (SSSR count). The van der Waals surface area contributed by atoms with E-state index in [4.69, 9.17) is 4.74 Å². The molecule has 14 heavy (non-hydrogen) atoms. The van der Waals surface area contributed by atoms with Gasteiger partial charge in [0.1, 0.15) is 11.9 Å². The summed E-state index contributed by atoms with van der Waals surface area (Å²) in [5.41, 5.74) is 2.55. The summed E-state index contributed by atoms with van der Waals surface area (Å²) < 4.78 is 7.62. The number of rotatable bonds is 1. The van der Waals surface area contributed by atoms with Gasteiger partial charge in [-0.15, -0.1) is 0 Å². The van der Waals surface area contributed by atoms with Crippen LogP contribution < -0.4 is 5.32 Å². The molecule has 1 N–H and O–H groups in total. The standard InChI is InChI=1S/C10H15N3O/c1-13-10-7(4-5-11-10)9(12-13)8-3-2-6-14-8/h8,11H,2-6H2,1H3. The van der Waals surface area contributed by atoms with E-state index in [9.17, 15) is 0 Å². The summed E-state index contributed by atoms with van der Waals surface area (Å²) in [4.78, 5) is 0. The van der Waals surface area contributed by atoms with Crippen molar-refractivity contribution in [2.75, 3.05) is 18.5 Å². The highest BCUT2D eigenvalue weighted by atomic mass is 16.5. The van der Waals surface area contributed by atoms with Gasteiger partial charge in [0.05, 0.1) is 5.69 Å². The molecule has 1 aromatic heterocycles. The van der Waals surface area contributed by atoms with Crippen LogP contribution in [0.15, 0.2) is 0 Å². The highest BCUT2D eigenvalue weighted by Gasteiger charge is 2.28. The number of anilines is 1. The van der Waals surface area contributed by atoms with E-state index in [0.717, 1.165) is 26.0 Å². The average molecular weight is 193 g/mol. The van der Waals surface area contributed by atoms with Crippen LogP contribution in [0.1, 0.15) is 30.2 Å². The van der Waals surface area contributed by atoms with Crippen molar-refractivity contribution in [3.8, 4) is 0 Å². The zero-order chi connectivity index (χ0) is 9.54. The minimum atomic E-state index is 0.254. The molecule has 2 aliphatic rings. The summed E-state index contributed by atoms with van der Waals surface area (Å²) in [6.07, 6.45) is 3.65. The second-order valence-corrected chi connectivity index (χ2v) is 4.01. The third-order valence-electron chi connectivity index (χ3n) is 3.08. The summed E-state index contributed by atoms with van der Waals surface area (Å²) in [5.74, 6) is 1.19. The smallest absolute Gasteiger partial charge is 0.127 e. The fourth-order valence-electron chi connectivity index (χ4n) is 2.41. The van der Waals surface area contributed by atoms with E-state index in [1.807, 2.05) is 11.7 Å². The van der Waals surface area contributed by atoms with Crippen LogP contribution in [-0.4, -0.2) is 22.9 Å². The first-order valence-electron chi connectivity index (χ1n) is 5.27. The van der Waals surface area contributed by atoms with Gasteiger partial charge in [-0.1, -0.05) is 0 Å². The molecule has 0 bridgehead atoms. The van der Waals surface area contributed by atoms with Crippen molar-refractivity contribution in [3.63, 3.8) is 0 Å². The zero-order valence-electron chi connectivity index (χ0n) is 8.42. The summed E-state index contributed by atoms with van der Waals surface area (Å²) in [6.45, 7) is 1.93. The molecule has 1 atom stereocenters. The van der Waals surface area contributed by atoms with E-state index in [2.05, 4.69) is 10.4 Å². The van der Waals surface area contributed by atoms with E-state index < -0.39 is 0 Å². The van der Waals surface area contributed by atoms with E-state index in [1.165, 1.54) is 23.5 Å². The molecule has 1 aromatic rings. The van der Waals surface area contributed by atoms with Gasteiger partial charge < -0.3 is 10.1 Å². The molecular formula is C10H15N3O. The minimum absolute atomic E-state index is 0.254. The lowest BCUT2D eigenvalue weighted by Crippen LogP contribution is -2.04. The molecule has 1 saturated heterocycles. The highest BCUT2D eigenvalue weighted by Crippen LogP contribution is 2.35. The number of ether oxygens (including phenoxy) is 1. The summed E-state index contributed by atoms with van der Waals surface area (Å²) in [7, 11) is 2.00. The third kappa shape index (κ3) is 1.07. The second kappa shape index (κ2) is 2.98. The van der Waals surface area contributed by atoms with Crippen molar-refractivity contribution >= 4 is 5.82 Å². The maximum absolute atomic E-state index is 5.67. The van der Waals surface area contributed by atoms with E-state index in [-0.39, 0.29) is 6.10 Å². The number of aromatic nitrogens is 2. The van der Waals surface area contributed by atoms with Gasteiger partial charge in [-0.25, -0.2) is 0 Å². The van der Waals surface area contributed by atoms with Crippen molar-refractivity contribution in [1.82, 2.24) is 9.78 Å². The van der Waals surface area contributed by atoms with Gasteiger partial charge in [0, 0.05) is 25.8 Å². The van der Waals surface area contributed by atoms with Gasteiger partial charge in [-0.2, -0.15) is 5.10 Å². The van der Waals surface area contributed by atoms with Gasteiger partial charge in [-0.3, -0.25) is 4.68 Å². The Hall–Kier alpha value is -1.03. The third-order valence-corrected chi connectivity index (χ3v) is 3.08. The van der Waals surface area contributed by atoms with Crippen LogP contribution in [0.5, 0.6) is 0 Å². The minimum Gasteiger partial charge on any atom is -0.372 e. The topological polar surface area (TPSA) is 39.1 Å². The van der Waals surface area contributed by atoms with Gasteiger partial charge in [-0.05, 0) is 19.3 Å². The molecule has 2 aliphatic heterocycles. The lowest BCUT2D eigenvalue weighted by Gasteiger charge is -2.06. The van der Waals surface area contributed by atoms with Crippen LogP contribution in [0.2, 0.25) is 0 Å². The van der Waals surface area contributed by atoms with Crippen LogP contribution in [0.3, 0.4) is 0 Å². The second-order valence-electron chi connectivity index (χ2n) is 4.01. The van der Waals surface area contributed by atoms with Gasteiger partial charge in [0.25, 0.3) is 0 Å². The fraction of sp³-hybridized carbons (Fsp3) is 0.700. The summed E-state index contributed by atoms with van der Waals surface area (Å²) >= 11 is 0. The van der Waals surface area contributed by atoms with Crippen LogP contribution in [0, 0.1) is 0 Å². The maximum Gasteiger partial charge on any atom is 0.127 e. The number of nitrogens with zero attached hydrogens (tertiary/aromatic N) is 2. The molecule has 76 valence electrons. The van der Waals surface area contributed by atoms with Crippen molar-refractivity contribution in [1.29, 1.82) is 0 Å². The molecule has 0 aliphatic carbocycles. The van der Waals surface area contributed by atoms with Crippen LogP contribution in [-0.2, 0) is 18.2 Å². The molecule has 0 radical (unpaired) electrons. The number of aryl methyl sites for hydroxylation is 1. The average Bonchev–Trinajstić information content (AvgIpc) is 2.84.